The van der Waals surface area contributed by atoms with Gasteiger partial charge in [0.2, 0.25) is 21.8 Å². The minimum absolute atomic E-state index is 0.0447. The molecule has 4 unspecified atom stereocenters. The van der Waals surface area contributed by atoms with E-state index in [1.807, 2.05) is 12.2 Å². The van der Waals surface area contributed by atoms with Gasteiger partial charge in [-0.15, -0.1) is 0 Å². The molecular weight excluding hydrogens is 462 g/mol. The maximum Gasteiger partial charge on any atom is 0.326 e. The highest BCUT2D eigenvalue weighted by Gasteiger charge is 2.59. The second-order valence-electron chi connectivity index (χ2n) is 9.11. The largest absolute Gasteiger partial charge is 0.454 e. The quantitative estimate of drug-likeness (QED) is 0.341. The third-order valence-corrected chi connectivity index (χ3v) is 8.93. The van der Waals surface area contributed by atoms with Crippen molar-refractivity contribution in [2.75, 3.05) is 31.6 Å². The first-order valence-corrected chi connectivity index (χ1v) is 12.8. The maximum atomic E-state index is 12.7. The predicted molar refractivity (Wildman–Crippen MR) is 118 cm³/mol. The van der Waals surface area contributed by atoms with E-state index in [2.05, 4.69) is 5.32 Å². The number of likely N-dealkylation sites (tertiary alicyclic amines) is 1. The van der Waals surface area contributed by atoms with Crippen LogP contribution in [-0.2, 0) is 33.9 Å². The monoisotopic (exact) mass is 487 g/mol. The molecule has 1 aromatic carbocycles. The minimum Gasteiger partial charge on any atom is -0.454 e. The van der Waals surface area contributed by atoms with Crippen molar-refractivity contribution in [1.82, 2.24) is 9.21 Å². The lowest BCUT2D eigenvalue weighted by Crippen LogP contribution is -2.38. The molecule has 2 bridgehead atoms. The van der Waals surface area contributed by atoms with Crippen LogP contribution in [0.4, 0.5) is 5.69 Å². The number of carbonyl (C=O) groups is 4. The Balaban J connectivity index is 1.14. The molecule has 4 aliphatic rings. The van der Waals surface area contributed by atoms with Crippen molar-refractivity contribution >= 4 is 39.4 Å². The number of fused-ring (bicyclic) bond motifs is 5. The van der Waals surface area contributed by atoms with Crippen LogP contribution in [0, 0.1) is 23.7 Å². The van der Waals surface area contributed by atoms with Crippen LogP contribution in [0.25, 0.3) is 0 Å². The molecule has 1 aromatic rings. The average Bonchev–Trinajstić information content (AvgIpc) is 3.60. The van der Waals surface area contributed by atoms with Crippen molar-refractivity contribution in [2.24, 2.45) is 23.7 Å². The van der Waals surface area contributed by atoms with E-state index in [-0.39, 0.29) is 34.2 Å². The number of allylic oxidation sites excluding steroid dienone is 2. The van der Waals surface area contributed by atoms with Crippen LogP contribution >= 0.6 is 0 Å². The normalized spacial score (nSPS) is 27.9. The number of hydrogen-bond donors (Lipinski definition) is 1. The van der Waals surface area contributed by atoms with E-state index < -0.39 is 46.9 Å². The van der Waals surface area contributed by atoms with E-state index >= 15 is 0 Å². The highest BCUT2D eigenvalue weighted by atomic mass is 32.2. The van der Waals surface area contributed by atoms with Crippen molar-refractivity contribution < 1.29 is 32.3 Å². The fourth-order valence-electron chi connectivity index (χ4n) is 5.45. The number of hydrogen-bond acceptors (Lipinski definition) is 7. The van der Waals surface area contributed by atoms with Crippen molar-refractivity contribution in [1.29, 1.82) is 0 Å². The van der Waals surface area contributed by atoms with Crippen LogP contribution in [-0.4, -0.2) is 67.6 Å². The van der Waals surface area contributed by atoms with Gasteiger partial charge in [-0.1, -0.05) is 18.2 Å². The number of nitrogens with one attached hydrogen (secondary N) is 1. The topological polar surface area (TPSA) is 130 Å². The number of nitrogens with zero attached hydrogens (tertiary/aromatic N) is 2. The van der Waals surface area contributed by atoms with E-state index in [0.717, 1.165) is 24.2 Å². The Bertz CT molecular complexity index is 1160. The number of benzene rings is 1. The van der Waals surface area contributed by atoms with Crippen LogP contribution in [0.1, 0.15) is 19.3 Å². The van der Waals surface area contributed by atoms with E-state index in [1.54, 1.807) is 0 Å². The first kappa shape index (κ1) is 22.7. The van der Waals surface area contributed by atoms with Gasteiger partial charge in [-0.25, -0.2) is 8.42 Å². The highest BCUT2D eigenvalue weighted by molar-refractivity contribution is 7.89. The lowest BCUT2D eigenvalue weighted by Gasteiger charge is -2.17. The van der Waals surface area contributed by atoms with Crippen molar-refractivity contribution in [2.45, 2.75) is 24.2 Å². The number of rotatable bonds is 7. The Kier molecular flexibility index (Phi) is 5.76. The number of amides is 3. The van der Waals surface area contributed by atoms with Crippen LogP contribution < -0.4 is 5.32 Å². The Labute approximate surface area is 197 Å². The third-order valence-electron chi connectivity index (χ3n) is 7.03. The summed E-state index contributed by atoms with van der Waals surface area (Å²) in [4.78, 5) is 50.8. The van der Waals surface area contributed by atoms with Crippen LogP contribution in [0.3, 0.4) is 0 Å². The zero-order chi connectivity index (χ0) is 24.0. The Morgan fingerprint density at radius 2 is 1.68 bits per heavy atom. The first-order valence-electron chi connectivity index (χ1n) is 11.3. The molecule has 10 nitrogen and oxygen atoms in total. The Morgan fingerprint density at radius 3 is 2.32 bits per heavy atom. The lowest BCUT2D eigenvalue weighted by atomic mass is 9.85. The summed E-state index contributed by atoms with van der Waals surface area (Å²) in [6.07, 6.45) is 6.36. The zero-order valence-corrected chi connectivity index (χ0v) is 19.2. The predicted octanol–water partition coefficient (Wildman–Crippen LogP) is 0.760. The smallest absolute Gasteiger partial charge is 0.326 e. The van der Waals surface area contributed by atoms with Gasteiger partial charge in [-0.3, -0.25) is 24.1 Å². The summed E-state index contributed by atoms with van der Waals surface area (Å²) in [5.74, 6) is -2.95. The van der Waals surface area contributed by atoms with E-state index in [0.29, 0.717) is 13.1 Å². The molecule has 2 aliphatic heterocycles. The zero-order valence-electron chi connectivity index (χ0n) is 18.4. The molecule has 0 radical (unpaired) electrons. The summed E-state index contributed by atoms with van der Waals surface area (Å²) >= 11 is 0. The molecule has 5 rings (SSSR count). The van der Waals surface area contributed by atoms with Gasteiger partial charge in [0.1, 0.15) is 6.54 Å². The van der Waals surface area contributed by atoms with Crippen molar-refractivity contribution in [3.63, 3.8) is 0 Å². The molecule has 180 valence electrons. The van der Waals surface area contributed by atoms with Gasteiger partial charge in [0, 0.05) is 18.8 Å². The summed E-state index contributed by atoms with van der Waals surface area (Å²) < 4.78 is 31.8. The fourth-order valence-corrected chi connectivity index (χ4v) is 7.01. The molecule has 1 saturated carbocycles. The minimum atomic E-state index is -3.63. The van der Waals surface area contributed by atoms with Gasteiger partial charge in [-0.2, -0.15) is 4.31 Å². The average molecular weight is 488 g/mol. The molecule has 1 N–H and O–H groups in total. The molecule has 2 heterocycles. The molecule has 3 fully saturated rings. The number of sulfonamides is 1. The molecule has 11 heteroatoms. The number of ether oxygens (including phenoxy) is 1. The summed E-state index contributed by atoms with van der Waals surface area (Å²) in [5, 5.41) is 2.51. The van der Waals surface area contributed by atoms with Gasteiger partial charge in [0.25, 0.3) is 5.91 Å². The maximum absolute atomic E-state index is 12.7. The second kappa shape index (κ2) is 8.62. The summed E-state index contributed by atoms with van der Waals surface area (Å²) in [6.45, 7) is -0.217. The van der Waals surface area contributed by atoms with E-state index in [1.165, 1.54) is 28.6 Å². The van der Waals surface area contributed by atoms with Crippen LogP contribution in [0.5, 0.6) is 0 Å². The summed E-state index contributed by atoms with van der Waals surface area (Å²) in [7, 11) is -3.63. The van der Waals surface area contributed by atoms with Crippen molar-refractivity contribution in [3.05, 3.63) is 36.4 Å². The molecule has 0 aromatic heterocycles. The lowest BCUT2D eigenvalue weighted by molar-refractivity contribution is -0.154. The van der Waals surface area contributed by atoms with E-state index in [9.17, 15) is 27.6 Å². The number of imide groups is 1. The summed E-state index contributed by atoms with van der Waals surface area (Å²) in [6, 6.07) is 5.87. The van der Waals surface area contributed by atoms with Gasteiger partial charge in [-0.05, 0) is 49.3 Å². The number of carbonyl (C=O) groups excluding carboxylic acids is 4. The van der Waals surface area contributed by atoms with Crippen LogP contribution in [0.2, 0.25) is 0 Å². The van der Waals surface area contributed by atoms with E-state index in [4.69, 9.17) is 4.74 Å². The highest BCUT2D eigenvalue weighted by Crippen LogP contribution is 2.52. The molecule has 3 amide bonds. The number of esters is 1. The number of anilines is 1. The molecule has 0 spiro atoms. The van der Waals surface area contributed by atoms with Gasteiger partial charge < -0.3 is 10.1 Å². The van der Waals surface area contributed by atoms with Crippen LogP contribution in [0.15, 0.2) is 41.3 Å². The second-order valence-corrected chi connectivity index (χ2v) is 11.0. The molecule has 2 saturated heterocycles. The van der Waals surface area contributed by atoms with Gasteiger partial charge in [0.15, 0.2) is 6.61 Å². The molecule has 2 aliphatic carbocycles. The SMILES string of the molecule is O=C(COC(=O)CN1C(=O)C2C3C=CC(C3)C2C1=O)Nc1cccc(S(=O)(=O)N2CCCC2)c1. The molecular formula is C23H25N3O7S. The molecule has 34 heavy (non-hydrogen) atoms. The van der Waals surface area contributed by atoms with Crippen molar-refractivity contribution in [3.8, 4) is 0 Å². The fraction of sp³-hybridized carbons (Fsp3) is 0.478. The molecule has 4 atom stereocenters. The third kappa shape index (κ3) is 3.92. The summed E-state index contributed by atoms with van der Waals surface area (Å²) in [5.41, 5.74) is 0.252. The van der Waals surface area contributed by atoms with Gasteiger partial charge >= 0.3 is 5.97 Å². The Hall–Kier alpha value is -3.05. The van der Waals surface area contributed by atoms with Gasteiger partial charge in [0.05, 0.1) is 16.7 Å². The Morgan fingerprint density at radius 1 is 1.03 bits per heavy atom. The first-order chi connectivity index (χ1) is 16.3. The standard InChI is InChI=1S/C23H25N3O7S/c27-18(24-16-4-3-5-17(11-16)34(31,32)25-8-1-2-9-25)13-33-19(28)12-26-22(29)20-14-6-7-15(10-14)21(20)23(26)30/h3-7,11,14-15,20-21H,1-2,8-10,12-13H2,(H,24,27).